The van der Waals surface area contributed by atoms with E-state index in [-0.39, 0.29) is 11.2 Å². The van der Waals surface area contributed by atoms with Crippen molar-refractivity contribution in [2.45, 2.75) is 17.1 Å². The normalized spacial score (nSPS) is 11.7. The molecule has 122 valence electrons. The molecule has 2 aromatic carbocycles. The van der Waals surface area contributed by atoms with Gasteiger partial charge in [-0.25, -0.2) is 0 Å². The number of ether oxygens (including phenoxy) is 2. The van der Waals surface area contributed by atoms with E-state index in [0.29, 0.717) is 11.5 Å². The molecule has 23 heavy (non-hydrogen) atoms. The smallest absolute Gasteiger partial charge is 0.237 e. The van der Waals surface area contributed by atoms with E-state index in [4.69, 9.17) is 9.47 Å². The Morgan fingerprint density at radius 3 is 2.35 bits per heavy atom. The molecule has 1 atom stereocenters. The van der Waals surface area contributed by atoms with Gasteiger partial charge in [0.25, 0.3) is 0 Å². The zero-order chi connectivity index (χ0) is 16.8. The minimum atomic E-state index is -0.239. The summed E-state index contributed by atoms with van der Waals surface area (Å²) >= 11 is 4.84. The zero-order valence-electron chi connectivity index (χ0n) is 13.1. The van der Waals surface area contributed by atoms with E-state index in [1.807, 2.05) is 49.4 Å². The van der Waals surface area contributed by atoms with Crippen molar-refractivity contribution in [1.82, 2.24) is 0 Å². The number of hydrogen-bond donors (Lipinski definition) is 1. The Kier molecular flexibility index (Phi) is 6.36. The first kappa shape index (κ1) is 17.7. The molecule has 0 spiro atoms. The zero-order valence-corrected chi connectivity index (χ0v) is 15.5. The first-order valence-electron chi connectivity index (χ1n) is 6.98. The molecule has 2 rings (SSSR count). The van der Waals surface area contributed by atoms with E-state index >= 15 is 0 Å². The summed E-state index contributed by atoms with van der Waals surface area (Å²) in [5.74, 6) is 1.27. The largest absolute Gasteiger partial charge is 0.493 e. The number of methoxy groups -OCH3 is 2. The molecular formula is C17H18BrNO3S. The summed E-state index contributed by atoms with van der Waals surface area (Å²) < 4.78 is 11.5. The Hall–Kier alpha value is -1.66. The molecule has 1 amide bonds. The number of carbonyl (C=O) groups excluding carboxylic acids is 1. The Morgan fingerprint density at radius 1 is 1.09 bits per heavy atom. The maximum atomic E-state index is 12.3. The van der Waals surface area contributed by atoms with Crippen LogP contribution >= 0.6 is 27.7 Å². The summed E-state index contributed by atoms with van der Waals surface area (Å²) in [7, 11) is 3.19. The molecule has 1 N–H and O–H groups in total. The fourth-order valence-electron chi connectivity index (χ4n) is 1.92. The quantitative estimate of drug-likeness (QED) is 0.726. The Bertz CT molecular complexity index is 676. The van der Waals surface area contributed by atoms with Crippen molar-refractivity contribution in [2.24, 2.45) is 0 Å². The van der Waals surface area contributed by atoms with Crippen LogP contribution in [-0.4, -0.2) is 25.4 Å². The highest BCUT2D eigenvalue weighted by atomic mass is 79.9. The number of hydrogen-bond acceptors (Lipinski definition) is 4. The lowest BCUT2D eigenvalue weighted by atomic mass is 10.3. The Labute approximate surface area is 148 Å². The minimum Gasteiger partial charge on any atom is -0.493 e. The van der Waals surface area contributed by atoms with Gasteiger partial charge in [-0.15, -0.1) is 11.8 Å². The lowest BCUT2D eigenvalue weighted by Gasteiger charge is -2.14. The second kappa shape index (κ2) is 8.26. The molecule has 6 heteroatoms. The molecule has 0 aliphatic carbocycles. The van der Waals surface area contributed by atoms with Crippen LogP contribution < -0.4 is 14.8 Å². The molecule has 0 radical (unpaired) electrons. The fourth-order valence-corrected chi connectivity index (χ4v) is 3.08. The van der Waals surface area contributed by atoms with Crippen LogP contribution in [0.2, 0.25) is 0 Å². The van der Waals surface area contributed by atoms with Crippen molar-refractivity contribution in [2.75, 3.05) is 19.5 Å². The minimum absolute atomic E-state index is 0.0490. The summed E-state index contributed by atoms with van der Waals surface area (Å²) in [4.78, 5) is 13.2. The van der Waals surface area contributed by atoms with E-state index in [1.165, 1.54) is 11.8 Å². The van der Waals surface area contributed by atoms with Gasteiger partial charge in [0.1, 0.15) is 0 Å². The number of thioether (sulfide) groups is 1. The highest BCUT2D eigenvalue weighted by Gasteiger charge is 2.16. The molecule has 2 aromatic rings. The van der Waals surface area contributed by atoms with Crippen molar-refractivity contribution >= 4 is 39.3 Å². The van der Waals surface area contributed by atoms with Gasteiger partial charge in [0.2, 0.25) is 5.91 Å². The monoisotopic (exact) mass is 395 g/mol. The Morgan fingerprint density at radius 2 is 1.74 bits per heavy atom. The molecule has 0 aliphatic rings. The second-order valence-electron chi connectivity index (χ2n) is 4.77. The summed E-state index contributed by atoms with van der Waals surface area (Å²) in [5.41, 5.74) is 0.776. The van der Waals surface area contributed by atoms with Crippen LogP contribution in [0, 0.1) is 0 Å². The summed E-state index contributed by atoms with van der Waals surface area (Å²) in [6.07, 6.45) is 0. The van der Waals surface area contributed by atoms with Gasteiger partial charge in [0, 0.05) is 15.1 Å². The average Bonchev–Trinajstić information content (AvgIpc) is 2.56. The van der Waals surface area contributed by atoms with Crippen LogP contribution in [0.25, 0.3) is 0 Å². The summed E-state index contributed by atoms with van der Waals surface area (Å²) in [5, 5.41) is 2.66. The highest BCUT2D eigenvalue weighted by Crippen LogP contribution is 2.33. The number of amides is 1. The van der Waals surface area contributed by atoms with Gasteiger partial charge in [0.15, 0.2) is 11.5 Å². The molecule has 1 unspecified atom stereocenters. The van der Waals surface area contributed by atoms with Crippen LogP contribution in [0.5, 0.6) is 11.5 Å². The topological polar surface area (TPSA) is 47.6 Å². The molecule has 0 bridgehead atoms. The van der Waals surface area contributed by atoms with E-state index in [1.54, 1.807) is 14.2 Å². The van der Waals surface area contributed by atoms with Gasteiger partial charge >= 0.3 is 0 Å². The third-order valence-corrected chi connectivity index (χ3v) is 4.77. The van der Waals surface area contributed by atoms with Gasteiger partial charge in [-0.3, -0.25) is 4.79 Å². The lowest BCUT2D eigenvalue weighted by Crippen LogP contribution is -2.22. The predicted molar refractivity (Wildman–Crippen MR) is 97.6 cm³/mol. The van der Waals surface area contributed by atoms with Crippen molar-refractivity contribution in [3.8, 4) is 11.5 Å². The van der Waals surface area contributed by atoms with Crippen molar-refractivity contribution in [3.05, 3.63) is 46.9 Å². The van der Waals surface area contributed by atoms with Crippen LogP contribution in [0.1, 0.15) is 6.92 Å². The van der Waals surface area contributed by atoms with Crippen LogP contribution in [0.3, 0.4) is 0 Å². The number of benzene rings is 2. The summed E-state index contributed by atoms with van der Waals surface area (Å²) in [6, 6.07) is 13.1. The first-order chi connectivity index (χ1) is 11.0. The maximum Gasteiger partial charge on any atom is 0.237 e. The third-order valence-electron chi connectivity index (χ3n) is 3.15. The number of carbonyl (C=O) groups is 1. The lowest BCUT2D eigenvalue weighted by molar-refractivity contribution is -0.115. The molecule has 0 fully saturated rings. The molecule has 0 saturated heterocycles. The van der Waals surface area contributed by atoms with Crippen molar-refractivity contribution in [3.63, 3.8) is 0 Å². The van der Waals surface area contributed by atoms with Crippen LogP contribution in [-0.2, 0) is 4.79 Å². The molecule has 0 saturated carbocycles. The maximum absolute atomic E-state index is 12.3. The number of anilines is 1. The molecule has 0 heterocycles. The fraction of sp³-hybridized carbons (Fsp3) is 0.235. The van der Waals surface area contributed by atoms with Gasteiger partial charge in [-0.2, -0.15) is 0 Å². The molecule has 0 aliphatic heterocycles. The van der Waals surface area contributed by atoms with Crippen molar-refractivity contribution < 1.29 is 14.3 Å². The molecule has 4 nitrogen and oxygen atoms in total. The molecule has 0 aromatic heterocycles. The predicted octanol–water partition coefficient (Wildman–Crippen LogP) is 4.59. The second-order valence-corrected chi connectivity index (χ2v) is 7.10. The number of halogens is 1. The SMILES string of the molecule is COc1ccc(SC(C)C(=O)Nc2ccc(Br)cc2)cc1OC. The standard InChI is InChI=1S/C17H18BrNO3S/c1-11(17(20)19-13-6-4-12(18)5-7-13)23-14-8-9-15(21-2)16(10-14)22-3/h4-11H,1-3H3,(H,19,20). The molecular weight excluding hydrogens is 378 g/mol. The first-order valence-corrected chi connectivity index (χ1v) is 8.66. The van der Waals surface area contributed by atoms with E-state index in [2.05, 4.69) is 21.2 Å². The van der Waals surface area contributed by atoms with E-state index < -0.39 is 0 Å². The van der Waals surface area contributed by atoms with Gasteiger partial charge in [0.05, 0.1) is 19.5 Å². The van der Waals surface area contributed by atoms with Crippen LogP contribution in [0.4, 0.5) is 5.69 Å². The average molecular weight is 396 g/mol. The van der Waals surface area contributed by atoms with Gasteiger partial charge in [-0.05, 0) is 49.4 Å². The Balaban J connectivity index is 2.01. The van der Waals surface area contributed by atoms with Crippen molar-refractivity contribution in [1.29, 1.82) is 0 Å². The number of rotatable bonds is 6. The van der Waals surface area contributed by atoms with Crippen LogP contribution in [0.15, 0.2) is 51.8 Å². The van der Waals surface area contributed by atoms with Gasteiger partial charge in [-0.1, -0.05) is 15.9 Å². The van der Waals surface area contributed by atoms with E-state index in [0.717, 1.165) is 15.1 Å². The van der Waals surface area contributed by atoms with Gasteiger partial charge < -0.3 is 14.8 Å². The number of nitrogens with one attached hydrogen (secondary N) is 1. The summed E-state index contributed by atoms with van der Waals surface area (Å²) in [6.45, 7) is 1.87. The third kappa shape index (κ3) is 4.91. The highest BCUT2D eigenvalue weighted by molar-refractivity contribution is 9.10. The van der Waals surface area contributed by atoms with E-state index in [9.17, 15) is 4.79 Å².